The van der Waals surface area contributed by atoms with Crippen LogP contribution in [0.1, 0.15) is 18.1 Å². The summed E-state index contributed by atoms with van der Waals surface area (Å²) in [5.74, 6) is -1.75. The number of primary amides is 1. The maximum Gasteiger partial charge on any atom is 0.322 e. The second-order valence-electron chi connectivity index (χ2n) is 6.37. The van der Waals surface area contributed by atoms with Gasteiger partial charge in [0, 0.05) is 24.3 Å². The fourth-order valence-corrected chi connectivity index (χ4v) is 2.92. The van der Waals surface area contributed by atoms with E-state index in [4.69, 9.17) is 10.5 Å². The zero-order valence-corrected chi connectivity index (χ0v) is 15.6. The van der Waals surface area contributed by atoms with Gasteiger partial charge in [0.2, 0.25) is 5.91 Å². The van der Waals surface area contributed by atoms with E-state index in [1.165, 1.54) is 48.5 Å². The van der Waals surface area contributed by atoms with Crippen LogP contribution < -0.4 is 5.73 Å². The Kier molecular flexibility index (Phi) is 6.60. The lowest BCUT2D eigenvalue weighted by molar-refractivity contribution is -0.385. The number of nitro groups is 2. The summed E-state index contributed by atoms with van der Waals surface area (Å²) in [5, 5.41) is 21.7. The van der Waals surface area contributed by atoms with Crippen molar-refractivity contribution in [2.24, 2.45) is 11.1 Å². The van der Waals surface area contributed by atoms with Crippen molar-refractivity contribution < 1.29 is 24.2 Å². The molecule has 10 heteroatoms. The second kappa shape index (κ2) is 8.91. The quantitative estimate of drug-likeness (QED) is 0.292. The predicted octanol–water partition coefficient (Wildman–Crippen LogP) is 2.32. The van der Waals surface area contributed by atoms with E-state index < -0.39 is 27.1 Å². The van der Waals surface area contributed by atoms with Crippen molar-refractivity contribution in [2.75, 3.05) is 6.61 Å². The molecule has 0 fully saturated rings. The normalized spacial score (nSPS) is 10.9. The van der Waals surface area contributed by atoms with Crippen molar-refractivity contribution >= 4 is 23.3 Å². The van der Waals surface area contributed by atoms with Gasteiger partial charge in [0.1, 0.15) is 0 Å². The molecule has 0 heterocycles. The van der Waals surface area contributed by atoms with Gasteiger partial charge in [-0.05, 0) is 30.9 Å². The summed E-state index contributed by atoms with van der Waals surface area (Å²) in [6, 6.07) is 10.8. The van der Waals surface area contributed by atoms with Gasteiger partial charge in [-0.2, -0.15) is 0 Å². The van der Waals surface area contributed by atoms with Crippen LogP contribution in [0.25, 0.3) is 0 Å². The molecule has 0 bridgehead atoms. The third-order valence-electron chi connectivity index (χ3n) is 4.44. The molecule has 29 heavy (non-hydrogen) atoms. The highest BCUT2D eigenvalue weighted by Crippen LogP contribution is 2.31. The minimum absolute atomic E-state index is 0.0222. The number of hydrogen-bond donors (Lipinski definition) is 1. The number of hydrogen-bond acceptors (Lipinski definition) is 7. The van der Waals surface area contributed by atoms with Crippen LogP contribution in [0.3, 0.4) is 0 Å². The Morgan fingerprint density at radius 2 is 1.28 bits per heavy atom. The van der Waals surface area contributed by atoms with Crippen LogP contribution >= 0.6 is 0 Å². The molecule has 152 valence electrons. The number of rotatable bonds is 9. The smallest absolute Gasteiger partial charge is 0.322 e. The maximum absolute atomic E-state index is 12.7. The lowest BCUT2D eigenvalue weighted by atomic mass is 9.75. The van der Waals surface area contributed by atoms with E-state index in [1.54, 1.807) is 6.92 Å². The third kappa shape index (κ3) is 4.92. The lowest BCUT2D eigenvalue weighted by Gasteiger charge is -2.28. The van der Waals surface area contributed by atoms with Crippen LogP contribution in [0.4, 0.5) is 11.4 Å². The molecule has 0 saturated carbocycles. The second-order valence-corrected chi connectivity index (χ2v) is 6.37. The fraction of sp³-hybridized carbons (Fsp3) is 0.263. The molecule has 0 saturated heterocycles. The Labute approximate surface area is 165 Å². The first-order chi connectivity index (χ1) is 13.7. The van der Waals surface area contributed by atoms with Crippen LogP contribution in [0.2, 0.25) is 0 Å². The number of nitrogens with zero attached hydrogens (tertiary/aromatic N) is 2. The first kappa shape index (κ1) is 21.5. The molecule has 0 unspecified atom stereocenters. The Balaban J connectivity index is 2.43. The molecule has 2 aromatic carbocycles. The highest BCUT2D eigenvalue weighted by Gasteiger charge is 2.46. The number of nitro benzene ring substituents is 2. The molecule has 0 aliphatic carbocycles. The first-order valence-electron chi connectivity index (χ1n) is 8.63. The molecular weight excluding hydrogens is 382 g/mol. The summed E-state index contributed by atoms with van der Waals surface area (Å²) >= 11 is 0. The lowest BCUT2D eigenvalue weighted by Crippen LogP contribution is -2.48. The molecule has 0 aromatic heterocycles. The van der Waals surface area contributed by atoms with Crippen LogP contribution in [0.15, 0.2) is 48.5 Å². The van der Waals surface area contributed by atoms with Gasteiger partial charge in [0.25, 0.3) is 11.4 Å². The standard InChI is InChI=1S/C19H19N3O7/c1-2-29-18(24)19(17(20)23,11-13-3-7-15(8-4-13)21(25)26)12-14-5-9-16(10-6-14)22(27)28/h3-10H,2,11-12H2,1H3,(H2,20,23). The molecule has 0 atom stereocenters. The molecule has 2 N–H and O–H groups in total. The monoisotopic (exact) mass is 401 g/mol. The van der Waals surface area contributed by atoms with Gasteiger partial charge in [-0.15, -0.1) is 0 Å². The van der Waals surface area contributed by atoms with Crippen molar-refractivity contribution in [1.29, 1.82) is 0 Å². The summed E-state index contributed by atoms with van der Waals surface area (Å²) in [6.07, 6.45) is -0.285. The molecule has 0 spiro atoms. The van der Waals surface area contributed by atoms with E-state index in [9.17, 15) is 29.8 Å². The SMILES string of the molecule is CCOC(=O)C(Cc1ccc([N+](=O)[O-])cc1)(Cc1ccc([N+](=O)[O-])cc1)C(N)=O. The van der Waals surface area contributed by atoms with Crippen LogP contribution in [-0.2, 0) is 27.2 Å². The number of nitrogens with two attached hydrogens (primary N) is 1. The van der Waals surface area contributed by atoms with Crippen molar-refractivity contribution in [3.63, 3.8) is 0 Å². The van der Waals surface area contributed by atoms with Gasteiger partial charge in [-0.1, -0.05) is 24.3 Å². The fourth-order valence-electron chi connectivity index (χ4n) is 2.92. The zero-order chi connectivity index (χ0) is 21.6. The molecule has 2 aromatic rings. The molecular formula is C19H19N3O7. The minimum Gasteiger partial charge on any atom is -0.465 e. The minimum atomic E-state index is -1.78. The van der Waals surface area contributed by atoms with Crippen molar-refractivity contribution in [1.82, 2.24) is 0 Å². The third-order valence-corrected chi connectivity index (χ3v) is 4.44. The highest BCUT2D eigenvalue weighted by atomic mass is 16.6. The number of carbonyl (C=O) groups is 2. The van der Waals surface area contributed by atoms with Crippen molar-refractivity contribution in [2.45, 2.75) is 19.8 Å². The van der Waals surface area contributed by atoms with Gasteiger partial charge < -0.3 is 10.5 Å². The number of esters is 1. The zero-order valence-electron chi connectivity index (χ0n) is 15.6. The number of benzene rings is 2. The number of ether oxygens (including phenoxy) is 1. The molecule has 1 amide bonds. The van der Waals surface area contributed by atoms with E-state index in [-0.39, 0.29) is 30.8 Å². The summed E-state index contributed by atoms with van der Waals surface area (Å²) < 4.78 is 5.08. The molecule has 0 aliphatic heterocycles. The molecule has 0 aliphatic rings. The van der Waals surface area contributed by atoms with Gasteiger partial charge in [0.05, 0.1) is 16.5 Å². The number of amides is 1. The molecule has 0 radical (unpaired) electrons. The van der Waals surface area contributed by atoms with Gasteiger partial charge in [-0.3, -0.25) is 29.8 Å². The Bertz CT molecular complexity index is 864. The first-order valence-corrected chi connectivity index (χ1v) is 8.63. The number of carbonyl (C=O) groups excluding carboxylic acids is 2. The van der Waals surface area contributed by atoms with Gasteiger partial charge in [0.15, 0.2) is 5.41 Å². The summed E-state index contributed by atoms with van der Waals surface area (Å²) in [6.45, 7) is 1.61. The van der Waals surface area contributed by atoms with E-state index in [0.29, 0.717) is 11.1 Å². The van der Waals surface area contributed by atoms with Crippen LogP contribution in [-0.4, -0.2) is 28.3 Å². The van der Waals surface area contributed by atoms with Gasteiger partial charge in [-0.25, -0.2) is 0 Å². The Hall–Kier alpha value is -3.82. The van der Waals surface area contributed by atoms with Crippen molar-refractivity contribution in [3.05, 3.63) is 79.9 Å². The summed E-state index contributed by atoms with van der Waals surface area (Å²) in [7, 11) is 0. The predicted molar refractivity (Wildman–Crippen MR) is 102 cm³/mol. The van der Waals surface area contributed by atoms with Crippen LogP contribution in [0.5, 0.6) is 0 Å². The van der Waals surface area contributed by atoms with E-state index in [0.717, 1.165) is 0 Å². The van der Waals surface area contributed by atoms with Crippen molar-refractivity contribution in [3.8, 4) is 0 Å². The van der Waals surface area contributed by atoms with E-state index >= 15 is 0 Å². The Morgan fingerprint density at radius 1 is 0.897 bits per heavy atom. The van der Waals surface area contributed by atoms with Gasteiger partial charge >= 0.3 is 5.97 Å². The molecule has 2 rings (SSSR count). The maximum atomic E-state index is 12.7. The highest BCUT2D eigenvalue weighted by molar-refractivity contribution is 6.02. The van der Waals surface area contributed by atoms with E-state index in [1.807, 2.05) is 0 Å². The number of non-ortho nitro benzene ring substituents is 2. The largest absolute Gasteiger partial charge is 0.465 e. The summed E-state index contributed by atoms with van der Waals surface area (Å²) in [5.41, 5.74) is 4.51. The average molecular weight is 401 g/mol. The molecule has 10 nitrogen and oxygen atoms in total. The topological polar surface area (TPSA) is 156 Å². The Morgan fingerprint density at radius 3 is 1.55 bits per heavy atom. The average Bonchev–Trinajstić information content (AvgIpc) is 2.68. The van der Waals surface area contributed by atoms with E-state index in [2.05, 4.69) is 0 Å². The van der Waals surface area contributed by atoms with Crippen LogP contribution in [0, 0.1) is 25.6 Å². The summed E-state index contributed by atoms with van der Waals surface area (Å²) in [4.78, 5) is 45.7.